The average molecular weight is 301 g/mol. The van der Waals surface area contributed by atoms with Crippen molar-refractivity contribution in [2.45, 2.75) is 25.2 Å². The van der Waals surface area contributed by atoms with Crippen LogP contribution >= 0.6 is 11.6 Å². The van der Waals surface area contributed by atoms with Crippen molar-refractivity contribution >= 4 is 17.6 Å². The number of carbonyl (C=O) groups is 1. The maximum Gasteiger partial charge on any atom is 0.338 e. The maximum absolute atomic E-state index is 11.6. The first-order valence-corrected chi connectivity index (χ1v) is 7.59. The third-order valence-corrected chi connectivity index (χ3v) is 4.15. The summed E-state index contributed by atoms with van der Waals surface area (Å²) in [5.41, 5.74) is 3.18. The Morgan fingerprint density at radius 3 is 2.52 bits per heavy atom. The van der Waals surface area contributed by atoms with Crippen LogP contribution in [0.3, 0.4) is 0 Å². The molecule has 0 heterocycles. The van der Waals surface area contributed by atoms with Crippen molar-refractivity contribution in [1.29, 1.82) is 0 Å². The highest BCUT2D eigenvalue weighted by atomic mass is 35.5. The van der Waals surface area contributed by atoms with E-state index in [1.165, 1.54) is 11.1 Å². The first kappa shape index (κ1) is 14.2. The van der Waals surface area contributed by atoms with Crippen LogP contribution in [0.15, 0.2) is 48.5 Å². The van der Waals surface area contributed by atoms with Gasteiger partial charge in [-0.1, -0.05) is 35.9 Å². The predicted molar refractivity (Wildman–Crippen MR) is 83.9 cm³/mol. The molecule has 0 N–H and O–H groups in total. The largest absolute Gasteiger partial charge is 0.462 e. The zero-order valence-corrected chi connectivity index (χ0v) is 12.6. The van der Waals surface area contributed by atoms with E-state index >= 15 is 0 Å². The van der Waals surface area contributed by atoms with Crippen molar-refractivity contribution in [2.24, 2.45) is 0 Å². The number of esters is 1. The van der Waals surface area contributed by atoms with Crippen molar-refractivity contribution in [3.63, 3.8) is 0 Å². The van der Waals surface area contributed by atoms with Gasteiger partial charge in [0.25, 0.3) is 0 Å². The zero-order chi connectivity index (χ0) is 14.8. The van der Waals surface area contributed by atoms with Gasteiger partial charge in [0, 0.05) is 5.02 Å². The molecule has 0 amide bonds. The van der Waals surface area contributed by atoms with E-state index in [0.29, 0.717) is 24.0 Å². The summed E-state index contributed by atoms with van der Waals surface area (Å²) >= 11 is 6.04. The van der Waals surface area contributed by atoms with Crippen LogP contribution in [0.1, 0.15) is 46.7 Å². The van der Waals surface area contributed by atoms with Gasteiger partial charge < -0.3 is 4.74 Å². The molecule has 3 rings (SSSR count). The second kappa shape index (κ2) is 5.90. The number of hydrogen-bond donors (Lipinski definition) is 0. The minimum atomic E-state index is -0.258. The van der Waals surface area contributed by atoms with Crippen LogP contribution in [0, 0.1) is 0 Å². The summed E-state index contributed by atoms with van der Waals surface area (Å²) in [5, 5.41) is 0.788. The van der Waals surface area contributed by atoms with E-state index in [9.17, 15) is 4.79 Å². The first-order valence-electron chi connectivity index (χ1n) is 7.21. The van der Waals surface area contributed by atoms with Gasteiger partial charge in [0.1, 0.15) is 0 Å². The monoisotopic (exact) mass is 300 g/mol. The Hall–Kier alpha value is -1.80. The summed E-state index contributed by atoms with van der Waals surface area (Å²) in [4.78, 5) is 11.6. The molecule has 1 aliphatic rings. The zero-order valence-electron chi connectivity index (χ0n) is 11.9. The molecule has 2 aromatic rings. The van der Waals surface area contributed by atoms with Gasteiger partial charge in [-0.3, -0.25) is 0 Å². The standard InChI is InChI=1S/C18H17ClO2/c1-2-21-18(20)13-8-6-12(7-9-13)16-11-17(16)14-4-3-5-15(19)10-14/h3-10,16-17H,2,11H2,1H3/t16-,17-/m1/s1. The van der Waals surface area contributed by atoms with Gasteiger partial charge in [0.05, 0.1) is 12.2 Å². The summed E-state index contributed by atoms with van der Waals surface area (Å²) in [6.07, 6.45) is 1.14. The van der Waals surface area contributed by atoms with Gasteiger partial charge in [-0.2, -0.15) is 0 Å². The summed E-state index contributed by atoms with van der Waals surface area (Å²) in [6.45, 7) is 2.21. The molecular weight excluding hydrogens is 284 g/mol. The van der Waals surface area contributed by atoms with E-state index in [4.69, 9.17) is 16.3 Å². The second-order valence-electron chi connectivity index (χ2n) is 5.35. The van der Waals surface area contributed by atoms with Crippen molar-refractivity contribution < 1.29 is 9.53 Å². The second-order valence-corrected chi connectivity index (χ2v) is 5.78. The van der Waals surface area contributed by atoms with E-state index in [0.717, 1.165) is 11.4 Å². The Kier molecular flexibility index (Phi) is 3.98. The fourth-order valence-corrected chi connectivity index (χ4v) is 2.95. The number of hydrogen-bond acceptors (Lipinski definition) is 2. The molecule has 21 heavy (non-hydrogen) atoms. The SMILES string of the molecule is CCOC(=O)c1ccc([C@H]2C[C@@H]2c2cccc(Cl)c2)cc1. The topological polar surface area (TPSA) is 26.3 Å². The van der Waals surface area contributed by atoms with E-state index in [1.54, 1.807) is 0 Å². The van der Waals surface area contributed by atoms with Gasteiger partial charge in [0.2, 0.25) is 0 Å². The molecule has 108 valence electrons. The molecule has 0 saturated heterocycles. The molecule has 0 spiro atoms. The molecule has 2 aromatic carbocycles. The molecule has 2 atom stereocenters. The van der Waals surface area contributed by atoms with Crippen molar-refractivity contribution in [1.82, 2.24) is 0 Å². The summed E-state index contributed by atoms with van der Waals surface area (Å²) in [6, 6.07) is 15.8. The van der Waals surface area contributed by atoms with Gasteiger partial charge in [-0.05, 0) is 60.6 Å². The van der Waals surface area contributed by atoms with Crippen LogP contribution in [0.2, 0.25) is 5.02 Å². The van der Waals surface area contributed by atoms with Crippen molar-refractivity contribution in [3.05, 3.63) is 70.2 Å². The molecule has 1 fully saturated rings. The summed E-state index contributed by atoms with van der Waals surface area (Å²) < 4.78 is 4.99. The highest BCUT2D eigenvalue weighted by molar-refractivity contribution is 6.30. The van der Waals surface area contributed by atoms with Gasteiger partial charge in [-0.15, -0.1) is 0 Å². The first-order chi connectivity index (χ1) is 10.2. The Morgan fingerprint density at radius 1 is 1.14 bits per heavy atom. The van der Waals surface area contributed by atoms with Crippen LogP contribution in [-0.4, -0.2) is 12.6 Å². The molecular formula is C18H17ClO2. The van der Waals surface area contributed by atoms with Crippen LogP contribution in [0.4, 0.5) is 0 Å². The van der Waals surface area contributed by atoms with Gasteiger partial charge in [0.15, 0.2) is 0 Å². The van der Waals surface area contributed by atoms with E-state index < -0.39 is 0 Å². The number of carbonyl (C=O) groups excluding carboxylic acids is 1. The average Bonchev–Trinajstić information content (AvgIpc) is 3.28. The highest BCUT2D eigenvalue weighted by Crippen LogP contribution is 2.54. The van der Waals surface area contributed by atoms with Crippen molar-refractivity contribution in [2.75, 3.05) is 6.61 Å². The Balaban J connectivity index is 1.71. The number of ether oxygens (including phenoxy) is 1. The minimum absolute atomic E-state index is 0.258. The number of benzene rings is 2. The molecule has 0 aliphatic heterocycles. The normalized spacial score (nSPS) is 20.1. The number of rotatable bonds is 4. The molecule has 0 radical (unpaired) electrons. The maximum atomic E-state index is 11.6. The van der Waals surface area contributed by atoms with Crippen LogP contribution < -0.4 is 0 Å². The predicted octanol–water partition coefficient (Wildman–Crippen LogP) is 4.79. The Morgan fingerprint density at radius 2 is 1.86 bits per heavy atom. The fraction of sp³-hybridized carbons (Fsp3) is 0.278. The quantitative estimate of drug-likeness (QED) is 0.759. The molecule has 1 aliphatic carbocycles. The lowest BCUT2D eigenvalue weighted by Crippen LogP contribution is -2.04. The molecule has 2 nitrogen and oxygen atoms in total. The molecule has 3 heteroatoms. The van der Waals surface area contributed by atoms with Gasteiger partial charge in [-0.25, -0.2) is 4.79 Å². The lowest BCUT2D eigenvalue weighted by Gasteiger charge is -2.04. The molecule has 0 bridgehead atoms. The minimum Gasteiger partial charge on any atom is -0.462 e. The smallest absolute Gasteiger partial charge is 0.338 e. The van der Waals surface area contributed by atoms with Crippen molar-refractivity contribution in [3.8, 4) is 0 Å². The fourth-order valence-electron chi connectivity index (χ4n) is 2.75. The van der Waals surface area contributed by atoms with Gasteiger partial charge >= 0.3 is 5.97 Å². The summed E-state index contributed by atoms with van der Waals surface area (Å²) in [7, 11) is 0. The Bertz CT molecular complexity index is 649. The lowest BCUT2D eigenvalue weighted by molar-refractivity contribution is 0.0526. The van der Waals surface area contributed by atoms with E-state index in [1.807, 2.05) is 49.4 Å². The van der Waals surface area contributed by atoms with Crippen LogP contribution in [0.5, 0.6) is 0 Å². The van der Waals surface area contributed by atoms with Crippen LogP contribution in [-0.2, 0) is 4.74 Å². The Labute approximate surface area is 129 Å². The van der Waals surface area contributed by atoms with E-state index in [-0.39, 0.29) is 5.97 Å². The van der Waals surface area contributed by atoms with E-state index in [2.05, 4.69) is 6.07 Å². The van der Waals surface area contributed by atoms with Crippen LogP contribution in [0.25, 0.3) is 0 Å². The molecule has 0 unspecified atom stereocenters. The third-order valence-electron chi connectivity index (χ3n) is 3.92. The molecule has 0 aromatic heterocycles. The lowest BCUT2D eigenvalue weighted by atomic mass is 10.0. The third kappa shape index (κ3) is 3.11. The number of halogens is 1. The molecule has 1 saturated carbocycles. The summed E-state index contributed by atoms with van der Waals surface area (Å²) in [5.74, 6) is 0.808. The highest BCUT2D eigenvalue weighted by Gasteiger charge is 2.39.